The quantitative estimate of drug-likeness (QED) is 0.663. The molecule has 1 unspecified atom stereocenters. The lowest BCUT2D eigenvalue weighted by Gasteiger charge is -2.12. The lowest BCUT2D eigenvalue weighted by molar-refractivity contribution is -0.124. The minimum Gasteiger partial charge on any atom is -0.356 e. The molecule has 5 nitrogen and oxygen atoms in total. The Morgan fingerprint density at radius 1 is 1.00 bits per heavy atom. The van der Waals surface area contributed by atoms with Crippen molar-refractivity contribution in [2.75, 3.05) is 17.5 Å². The fraction of sp³-hybridized carbons (Fsp3) is 0.350. The summed E-state index contributed by atoms with van der Waals surface area (Å²) in [6.07, 6.45) is 3.53. The summed E-state index contributed by atoms with van der Waals surface area (Å²) in [7, 11) is -3.25. The SMILES string of the molecule is CC(Cc1ccccc1)C(=O)NCCCc1ccc(NS(C)(=O)=O)cc1. The molecular weight excluding hydrogens is 348 g/mol. The molecule has 0 bridgehead atoms. The van der Waals surface area contributed by atoms with Gasteiger partial charge in [-0.3, -0.25) is 9.52 Å². The molecule has 1 amide bonds. The van der Waals surface area contributed by atoms with Crippen LogP contribution < -0.4 is 10.0 Å². The second-order valence-electron chi connectivity index (χ2n) is 6.56. The van der Waals surface area contributed by atoms with E-state index >= 15 is 0 Å². The molecule has 1 atom stereocenters. The monoisotopic (exact) mass is 374 g/mol. The first-order chi connectivity index (χ1) is 12.3. The number of rotatable bonds is 9. The normalized spacial score (nSPS) is 12.4. The lowest BCUT2D eigenvalue weighted by Crippen LogP contribution is -2.31. The van der Waals surface area contributed by atoms with Gasteiger partial charge in [0.25, 0.3) is 0 Å². The third-order valence-corrected chi connectivity index (χ3v) is 4.64. The van der Waals surface area contributed by atoms with Crippen LogP contribution in [0.15, 0.2) is 54.6 Å². The Balaban J connectivity index is 1.70. The van der Waals surface area contributed by atoms with Crippen LogP contribution >= 0.6 is 0 Å². The van der Waals surface area contributed by atoms with E-state index in [2.05, 4.69) is 10.0 Å². The van der Waals surface area contributed by atoms with Gasteiger partial charge in [0.15, 0.2) is 0 Å². The third-order valence-electron chi connectivity index (χ3n) is 4.03. The third kappa shape index (κ3) is 7.27. The second kappa shape index (κ2) is 9.38. The molecule has 0 radical (unpaired) electrons. The van der Waals surface area contributed by atoms with Crippen molar-refractivity contribution in [1.82, 2.24) is 5.32 Å². The maximum atomic E-state index is 12.2. The Bertz CT molecular complexity index is 803. The highest BCUT2D eigenvalue weighted by molar-refractivity contribution is 7.92. The van der Waals surface area contributed by atoms with Crippen molar-refractivity contribution in [1.29, 1.82) is 0 Å². The molecular formula is C20H26N2O3S. The van der Waals surface area contributed by atoms with E-state index in [1.54, 1.807) is 12.1 Å². The molecule has 0 aliphatic rings. The highest BCUT2D eigenvalue weighted by atomic mass is 32.2. The van der Waals surface area contributed by atoms with Gasteiger partial charge in [-0.1, -0.05) is 49.4 Å². The van der Waals surface area contributed by atoms with E-state index in [1.165, 1.54) is 0 Å². The average molecular weight is 375 g/mol. The maximum Gasteiger partial charge on any atom is 0.229 e. The average Bonchev–Trinajstić information content (AvgIpc) is 2.59. The van der Waals surface area contributed by atoms with Crippen LogP contribution in [0.2, 0.25) is 0 Å². The number of nitrogens with one attached hydrogen (secondary N) is 2. The van der Waals surface area contributed by atoms with Crippen molar-refractivity contribution in [2.24, 2.45) is 5.92 Å². The van der Waals surface area contributed by atoms with E-state index in [-0.39, 0.29) is 11.8 Å². The summed E-state index contributed by atoms with van der Waals surface area (Å²) in [5.41, 5.74) is 2.83. The highest BCUT2D eigenvalue weighted by Gasteiger charge is 2.12. The van der Waals surface area contributed by atoms with Gasteiger partial charge in [-0.2, -0.15) is 0 Å². The summed E-state index contributed by atoms with van der Waals surface area (Å²) in [6, 6.07) is 17.3. The van der Waals surface area contributed by atoms with Crippen LogP contribution in [0.5, 0.6) is 0 Å². The first-order valence-corrected chi connectivity index (χ1v) is 10.6. The van der Waals surface area contributed by atoms with Gasteiger partial charge in [0.1, 0.15) is 0 Å². The van der Waals surface area contributed by atoms with E-state index in [1.807, 2.05) is 49.4 Å². The molecule has 2 aromatic rings. The summed E-state index contributed by atoms with van der Waals surface area (Å²) in [6.45, 7) is 2.57. The Hall–Kier alpha value is -2.34. The van der Waals surface area contributed by atoms with Crippen LogP contribution in [0.25, 0.3) is 0 Å². The molecule has 2 aromatic carbocycles. The number of carbonyl (C=O) groups excluding carboxylic acids is 1. The number of anilines is 1. The van der Waals surface area contributed by atoms with Gasteiger partial charge in [-0.15, -0.1) is 0 Å². The van der Waals surface area contributed by atoms with Crippen LogP contribution in [-0.2, 0) is 27.7 Å². The topological polar surface area (TPSA) is 75.3 Å². The number of amides is 1. The van der Waals surface area contributed by atoms with Gasteiger partial charge in [0.2, 0.25) is 15.9 Å². The number of aryl methyl sites for hydroxylation is 1. The molecule has 2 N–H and O–H groups in total. The van der Waals surface area contributed by atoms with Gasteiger partial charge in [0, 0.05) is 18.2 Å². The Labute approximate surface area is 155 Å². The highest BCUT2D eigenvalue weighted by Crippen LogP contribution is 2.12. The van der Waals surface area contributed by atoms with Gasteiger partial charge >= 0.3 is 0 Å². The van der Waals surface area contributed by atoms with E-state index in [0.717, 1.165) is 36.6 Å². The molecule has 0 aliphatic heterocycles. The van der Waals surface area contributed by atoms with Crippen LogP contribution in [0, 0.1) is 5.92 Å². The molecule has 2 rings (SSSR count). The van der Waals surface area contributed by atoms with Crippen molar-refractivity contribution in [2.45, 2.75) is 26.2 Å². The Kier molecular flexibility index (Phi) is 7.21. The molecule has 6 heteroatoms. The second-order valence-corrected chi connectivity index (χ2v) is 8.30. The van der Waals surface area contributed by atoms with Crippen molar-refractivity contribution in [3.8, 4) is 0 Å². The van der Waals surface area contributed by atoms with Crippen molar-refractivity contribution in [3.05, 3.63) is 65.7 Å². The zero-order chi connectivity index (χ0) is 19.0. The number of benzene rings is 2. The van der Waals surface area contributed by atoms with Crippen molar-refractivity contribution < 1.29 is 13.2 Å². The molecule has 0 fully saturated rings. The van der Waals surface area contributed by atoms with E-state index in [4.69, 9.17) is 0 Å². The Morgan fingerprint density at radius 2 is 1.65 bits per heavy atom. The van der Waals surface area contributed by atoms with E-state index in [9.17, 15) is 13.2 Å². The minimum absolute atomic E-state index is 0.0567. The maximum absolute atomic E-state index is 12.2. The summed E-state index contributed by atoms with van der Waals surface area (Å²) < 4.78 is 24.8. The standard InChI is InChI=1S/C20H26N2O3S/c1-16(15-18-7-4-3-5-8-18)20(23)21-14-6-9-17-10-12-19(13-11-17)22-26(2,24)25/h3-5,7-8,10-13,16,22H,6,9,14-15H2,1-2H3,(H,21,23). The zero-order valence-corrected chi connectivity index (χ0v) is 16.1. The number of carbonyl (C=O) groups is 1. The molecule has 0 aliphatic carbocycles. The van der Waals surface area contributed by atoms with Crippen LogP contribution in [0.1, 0.15) is 24.5 Å². The van der Waals surface area contributed by atoms with Crippen molar-refractivity contribution >= 4 is 21.6 Å². The Morgan fingerprint density at radius 3 is 2.27 bits per heavy atom. The molecule has 0 saturated carbocycles. The van der Waals surface area contributed by atoms with E-state index < -0.39 is 10.0 Å². The lowest BCUT2D eigenvalue weighted by atomic mass is 10.0. The molecule has 26 heavy (non-hydrogen) atoms. The number of hydrogen-bond donors (Lipinski definition) is 2. The largest absolute Gasteiger partial charge is 0.356 e. The molecule has 0 aromatic heterocycles. The fourth-order valence-corrected chi connectivity index (χ4v) is 3.26. The van der Waals surface area contributed by atoms with Gasteiger partial charge in [-0.25, -0.2) is 8.42 Å². The predicted molar refractivity (Wildman–Crippen MR) is 106 cm³/mol. The fourth-order valence-electron chi connectivity index (χ4n) is 2.69. The van der Waals surface area contributed by atoms with Crippen molar-refractivity contribution in [3.63, 3.8) is 0 Å². The van der Waals surface area contributed by atoms with Crippen LogP contribution in [0.4, 0.5) is 5.69 Å². The number of hydrogen-bond acceptors (Lipinski definition) is 3. The first-order valence-electron chi connectivity index (χ1n) is 8.72. The minimum atomic E-state index is -3.25. The van der Waals surface area contributed by atoms with Gasteiger partial charge in [0.05, 0.1) is 6.26 Å². The van der Waals surface area contributed by atoms with E-state index in [0.29, 0.717) is 12.2 Å². The number of sulfonamides is 1. The first kappa shape index (κ1) is 20.0. The summed E-state index contributed by atoms with van der Waals surface area (Å²) in [4.78, 5) is 12.2. The molecule has 0 heterocycles. The van der Waals surface area contributed by atoms with Gasteiger partial charge in [-0.05, 0) is 42.5 Å². The van der Waals surface area contributed by atoms with Gasteiger partial charge < -0.3 is 5.32 Å². The predicted octanol–water partition coefficient (Wildman–Crippen LogP) is 2.99. The summed E-state index contributed by atoms with van der Waals surface area (Å²) >= 11 is 0. The summed E-state index contributed by atoms with van der Waals surface area (Å²) in [5, 5.41) is 2.98. The van der Waals surface area contributed by atoms with Crippen LogP contribution in [-0.4, -0.2) is 27.1 Å². The summed E-state index contributed by atoms with van der Waals surface area (Å²) in [5.74, 6) is 0.0142. The van der Waals surface area contributed by atoms with Crippen LogP contribution in [0.3, 0.4) is 0 Å². The zero-order valence-electron chi connectivity index (χ0n) is 15.2. The molecule has 140 valence electrons. The smallest absolute Gasteiger partial charge is 0.229 e. The molecule has 0 spiro atoms. The molecule has 0 saturated heterocycles.